The van der Waals surface area contributed by atoms with Crippen LogP contribution in [0.25, 0.3) is 0 Å². The second-order valence-corrected chi connectivity index (χ2v) is 4.03. The second-order valence-electron chi connectivity index (χ2n) is 4.03. The van der Waals surface area contributed by atoms with Crippen LogP contribution in [0.4, 0.5) is 5.69 Å². The molecule has 1 aromatic carbocycles. The number of nitrogens with zero attached hydrogens (tertiary/aromatic N) is 2. The summed E-state index contributed by atoms with van der Waals surface area (Å²) in [6, 6.07) is 5.88. The molecule has 6 heteroatoms. The van der Waals surface area contributed by atoms with Gasteiger partial charge in [-0.3, -0.25) is 10.1 Å². The van der Waals surface area contributed by atoms with Gasteiger partial charge in [-0.2, -0.15) is 0 Å². The number of rotatable bonds is 3. The van der Waals surface area contributed by atoms with Gasteiger partial charge in [0, 0.05) is 23.6 Å². The predicted octanol–water partition coefficient (Wildman–Crippen LogP) is 1.24. The van der Waals surface area contributed by atoms with Gasteiger partial charge in [-0.05, 0) is 24.3 Å². The zero-order valence-electron chi connectivity index (χ0n) is 9.07. The first kappa shape index (κ1) is 11.4. The molecule has 1 aromatic rings. The molecule has 17 heavy (non-hydrogen) atoms. The van der Waals surface area contributed by atoms with Crippen LogP contribution in [0.1, 0.15) is 16.8 Å². The average molecular weight is 236 g/mol. The number of carboxylic acids is 1. The summed E-state index contributed by atoms with van der Waals surface area (Å²) in [6.07, 6.45) is 0.535. The molecule has 0 spiro atoms. The van der Waals surface area contributed by atoms with Crippen molar-refractivity contribution >= 4 is 11.7 Å². The van der Waals surface area contributed by atoms with Crippen molar-refractivity contribution < 1.29 is 14.8 Å². The summed E-state index contributed by atoms with van der Waals surface area (Å²) in [5, 5.41) is 19.4. The highest BCUT2D eigenvalue weighted by molar-refractivity contribution is 5.88. The highest BCUT2D eigenvalue weighted by Crippen LogP contribution is 2.21. The number of carboxylic acid groups (broad SMARTS) is 1. The van der Waals surface area contributed by atoms with Crippen molar-refractivity contribution in [2.24, 2.45) is 0 Å². The van der Waals surface area contributed by atoms with Gasteiger partial charge >= 0.3 is 5.97 Å². The maximum atomic E-state index is 10.7. The first-order valence-electron chi connectivity index (χ1n) is 5.30. The van der Waals surface area contributed by atoms with E-state index in [-0.39, 0.29) is 10.5 Å². The lowest BCUT2D eigenvalue weighted by molar-refractivity contribution is -0.516. The van der Waals surface area contributed by atoms with E-state index in [4.69, 9.17) is 5.11 Å². The Morgan fingerprint density at radius 1 is 1.41 bits per heavy atom. The third-order valence-electron chi connectivity index (χ3n) is 2.94. The summed E-state index contributed by atoms with van der Waals surface area (Å²) >= 11 is 0. The quantitative estimate of drug-likeness (QED) is 0.630. The van der Waals surface area contributed by atoms with Gasteiger partial charge < -0.3 is 10.0 Å². The van der Waals surface area contributed by atoms with E-state index in [0.717, 1.165) is 5.69 Å². The van der Waals surface area contributed by atoms with Crippen LogP contribution in [-0.2, 0) is 0 Å². The summed E-state index contributed by atoms with van der Waals surface area (Å²) in [5.74, 6) is -0.971. The molecule has 1 aliphatic rings. The largest absolute Gasteiger partial charge is 0.478 e. The van der Waals surface area contributed by atoms with Crippen molar-refractivity contribution in [2.45, 2.75) is 12.5 Å². The number of hydrogen-bond acceptors (Lipinski definition) is 4. The van der Waals surface area contributed by atoms with Crippen molar-refractivity contribution in [1.29, 1.82) is 0 Å². The maximum Gasteiger partial charge on any atom is 0.335 e. The molecule has 0 aliphatic carbocycles. The highest BCUT2D eigenvalue weighted by atomic mass is 16.6. The van der Waals surface area contributed by atoms with Crippen LogP contribution in [0, 0.1) is 10.1 Å². The molecule has 0 bridgehead atoms. The van der Waals surface area contributed by atoms with Gasteiger partial charge in [0.2, 0.25) is 6.04 Å². The molecule has 1 heterocycles. The zero-order chi connectivity index (χ0) is 12.4. The van der Waals surface area contributed by atoms with Gasteiger partial charge in [-0.1, -0.05) is 0 Å². The van der Waals surface area contributed by atoms with E-state index in [1.165, 1.54) is 12.1 Å². The monoisotopic (exact) mass is 236 g/mol. The molecule has 0 aromatic heterocycles. The Hall–Kier alpha value is -2.11. The Morgan fingerprint density at radius 2 is 2.06 bits per heavy atom. The first-order chi connectivity index (χ1) is 8.08. The molecule has 1 aliphatic heterocycles. The Labute approximate surface area is 97.6 Å². The van der Waals surface area contributed by atoms with Gasteiger partial charge in [-0.25, -0.2) is 4.79 Å². The number of nitro groups is 1. The number of carbonyl (C=O) groups is 1. The van der Waals surface area contributed by atoms with Crippen molar-refractivity contribution in [2.75, 3.05) is 18.0 Å². The van der Waals surface area contributed by atoms with Gasteiger partial charge in [0.15, 0.2) is 0 Å². The molecule has 1 N–H and O–H groups in total. The van der Waals surface area contributed by atoms with Crippen LogP contribution in [0.3, 0.4) is 0 Å². The summed E-state index contributed by atoms with van der Waals surface area (Å²) in [6.45, 7) is 1.03. The third kappa shape index (κ3) is 2.35. The molecule has 0 saturated carbocycles. The molecule has 6 nitrogen and oxygen atoms in total. The summed E-state index contributed by atoms with van der Waals surface area (Å²) in [4.78, 5) is 22.9. The maximum absolute atomic E-state index is 10.7. The fourth-order valence-electron chi connectivity index (χ4n) is 1.96. The fraction of sp³-hybridized carbons (Fsp3) is 0.364. The van der Waals surface area contributed by atoms with Crippen LogP contribution in [0.15, 0.2) is 24.3 Å². The number of anilines is 1. The van der Waals surface area contributed by atoms with Crippen molar-refractivity contribution in [1.82, 2.24) is 0 Å². The van der Waals surface area contributed by atoms with Crippen molar-refractivity contribution in [3.63, 3.8) is 0 Å². The minimum atomic E-state index is -0.971. The molecule has 0 amide bonds. The van der Waals surface area contributed by atoms with E-state index in [1.807, 2.05) is 4.90 Å². The van der Waals surface area contributed by atoms with Crippen LogP contribution in [-0.4, -0.2) is 35.1 Å². The molecular formula is C11H12N2O4. The minimum absolute atomic E-state index is 0.221. The molecule has 90 valence electrons. The smallest absolute Gasteiger partial charge is 0.335 e. The van der Waals surface area contributed by atoms with E-state index in [1.54, 1.807) is 12.1 Å². The summed E-state index contributed by atoms with van der Waals surface area (Å²) < 4.78 is 0. The first-order valence-corrected chi connectivity index (χ1v) is 5.30. The van der Waals surface area contributed by atoms with E-state index in [9.17, 15) is 14.9 Å². The van der Waals surface area contributed by atoms with Crippen molar-refractivity contribution in [3.05, 3.63) is 39.9 Å². The van der Waals surface area contributed by atoms with Gasteiger partial charge in [0.1, 0.15) is 0 Å². The summed E-state index contributed by atoms with van der Waals surface area (Å²) in [5.41, 5.74) is 1.05. The van der Waals surface area contributed by atoms with Crippen LogP contribution >= 0.6 is 0 Å². The second kappa shape index (κ2) is 4.40. The van der Waals surface area contributed by atoms with E-state index in [2.05, 4.69) is 0 Å². The molecule has 1 saturated heterocycles. The molecule has 0 radical (unpaired) electrons. The standard InChI is InChI=1S/C11H12N2O4/c14-11(15)8-1-3-9(4-2-8)12-6-5-10(7-12)13(16)17/h1-4,10H,5-7H2,(H,14,15). The van der Waals surface area contributed by atoms with Crippen LogP contribution in [0.5, 0.6) is 0 Å². The highest BCUT2D eigenvalue weighted by Gasteiger charge is 2.30. The molecule has 1 unspecified atom stereocenters. The normalized spacial score (nSPS) is 19.3. The topological polar surface area (TPSA) is 83.7 Å². The third-order valence-corrected chi connectivity index (χ3v) is 2.94. The average Bonchev–Trinajstić information content (AvgIpc) is 2.78. The lowest BCUT2D eigenvalue weighted by Crippen LogP contribution is -2.25. The minimum Gasteiger partial charge on any atom is -0.478 e. The molecule has 1 fully saturated rings. The summed E-state index contributed by atoms with van der Waals surface area (Å²) in [7, 11) is 0. The van der Waals surface area contributed by atoms with E-state index < -0.39 is 12.0 Å². The molecule has 2 rings (SSSR count). The number of aromatic carboxylic acids is 1. The lowest BCUT2D eigenvalue weighted by atomic mass is 10.2. The lowest BCUT2D eigenvalue weighted by Gasteiger charge is -2.16. The van der Waals surface area contributed by atoms with Crippen molar-refractivity contribution in [3.8, 4) is 0 Å². The Bertz CT molecular complexity index is 443. The van der Waals surface area contributed by atoms with Gasteiger partial charge in [0.25, 0.3) is 0 Å². The Morgan fingerprint density at radius 3 is 2.53 bits per heavy atom. The van der Waals surface area contributed by atoms with Crippen LogP contribution in [0.2, 0.25) is 0 Å². The van der Waals surface area contributed by atoms with Gasteiger partial charge in [0.05, 0.1) is 12.1 Å². The Balaban J connectivity index is 2.09. The fourth-order valence-corrected chi connectivity index (χ4v) is 1.96. The van der Waals surface area contributed by atoms with E-state index in [0.29, 0.717) is 19.5 Å². The number of hydrogen-bond donors (Lipinski definition) is 1. The van der Waals surface area contributed by atoms with Gasteiger partial charge in [-0.15, -0.1) is 0 Å². The predicted molar refractivity (Wildman–Crippen MR) is 61.0 cm³/mol. The zero-order valence-corrected chi connectivity index (χ0v) is 9.07. The Kier molecular flexibility index (Phi) is 2.95. The molecular weight excluding hydrogens is 224 g/mol. The number of benzene rings is 1. The molecule has 1 atom stereocenters. The SMILES string of the molecule is O=C(O)c1ccc(N2CCC([N+](=O)[O-])C2)cc1. The van der Waals surface area contributed by atoms with E-state index >= 15 is 0 Å². The van der Waals surface area contributed by atoms with Crippen LogP contribution < -0.4 is 4.90 Å².